The molecule has 0 radical (unpaired) electrons. The monoisotopic (exact) mass is 258 g/mol. The number of rotatable bonds is 11. The molecule has 0 aromatic rings. The molecular weight excluding hydrogens is 228 g/mol. The van der Waals surface area contributed by atoms with Crippen molar-refractivity contribution in [3.8, 4) is 0 Å². The number of methoxy groups -OCH3 is 1. The lowest BCUT2D eigenvalue weighted by Gasteiger charge is -2.26. The molecule has 0 bridgehead atoms. The molecule has 0 aromatic heterocycles. The van der Waals surface area contributed by atoms with E-state index in [-0.39, 0.29) is 11.8 Å². The number of carbonyl (C=O) groups excluding carboxylic acids is 1. The number of amides is 1. The second-order valence-electron chi connectivity index (χ2n) is 4.71. The fourth-order valence-electron chi connectivity index (χ4n) is 2.03. The molecule has 0 aliphatic rings. The smallest absolute Gasteiger partial charge is 0.225 e. The van der Waals surface area contributed by atoms with E-state index in [1.54, 1.807) is 7.11 Å². The lowest BCUT2D eigenvalue weighted by atomic mass is 9.97. The van der Waals surface area contributed by atoms with E-state index in [4.69, 9.17) is 10.5 Å². The van der Waals surface area contributed by atoms with Crippen molar-refractivity contribution in [2.75, 3.05) is 33.4 Å². The maximum atomic E-state index is 12.4. The summed E-state index contributed by atoms with van der Waals surface area (Å²) in [7, 11) is 1.67. The largest absolute Gasteiger partial charge is 0.383 e. The van der Waals surface area contributed by atoms with Gasteiger partial charge in [-0.3, -0.25) is 4.79 Å². The zero-order valence-electron chi connectivity index (χ0n) is 12.3. The van der Waals surface area contributed by atoms with Crippen molar-refractivity contribution in [3.05, 3.63) is 0 Å². The van der Waals surface area contributed by atoms with Crippen molar-refractivity contribution in [2.45, 2.75) is 46.0 Å². The first kappa shape index (κ1) is 17.4. The fraction of sp³-hybridized carbons (Fsp3) is 0.929. The van der Waals surface area contributed by atoms with Crippen LogP contribution in [0.2, 0.25) is 0 Å². The van der Waals surface area contributed by atoms with Gasteiger partial charge in [0.1, 0.15) is 0 Å². The van der Waals surface area contributed by atoms with Gasteiger partial charge in [-0.05, 0) is 25.8 Å². The maximum absolute atomic E-state index is 12.4. The second kappa shape index (κ2) is 11.5. The zero-order valence-corrected chi connectivity index (χ0v) is 12.3. The molecule has 0 spiro atoms. The Morgan fingerprint density at radius 3 is 2.50 bits per heavy atom. The standard InChI is InChI=1S/C14H30N2O2/c1-4-6-8-13(5-2)14(17)16(10-7-9-15)11-12-18-3/h13H,4-12,15H2,1-3H3. The molecule has 1 amide bonds. The van der Waals surface area contributed by atoms with Gasteiger partial charge in [-0.2, -0.15) is 0 Å². The minimum absolute atomic E-state index is 0.166. The number of hydrogen-bond acceptors (Lipinski definition) is 3. The van der Waals surface area contributed by atoms with E-state index in [1.165, 1.54) is 0 Å². The first-order valence-electron chi connectivity index (χ1n) is 7.18. The molecule has 0 aliphatic carbocycles. The van der Waals surface area contributed by atoms with Gasteiger partial charge in [0, 0.05) is 26.1 Å². The van der Waals surface area contributed by atoms with E-state index in [0.717, 1.165) is 38.6 Å². The van der Waals surface area contributed by atoms with Crippen LogP contribution in [-0.4, -0.2) is 44.2 Å². The Labute approximate surface area is 112 Å². The summed E-state index contributed by atoms with van der Waals surface area (Å²) in [5, 5.41) is 0. The summed E-state index contributed by atoms with van der Waals surface area (Å²) in [5.41, 5.74) is 5.53. The van der Waals surface area contributed by atoms with E-state index in [2.05, 4.69) is 13.8 Å². The van der Waals surface area contributed by atoms with Crippen LogP contribution in [0.4, 0.5) is 0 Å². The lowest BCUT2D eigenvalue weighted by molar-refractivity contribution is -0.136. The van der Waals surface area contributed by atoms with Gasteiger partial charge in [-0.25, -0.2) is 0 Å². The molecule has 2 N–H and O–H groups in total. The molecule has 0 aromatic carbocycles. The predicted octanol–water partition coefficient (Wildman–Crippen LogP) is 2.03. The molecule has 0 aliphatic heterocycles. The molecule has 18 heavy (non-hydrogen) atoms. The van der Waals surface area contributed by atoms with Crippen molar-refractivity contribution >= 4 is 5.91 Å². The Balaban J connectivity index is 4.37. The molecule has 1 unspecified atom stereocenters. The van der Waals surface area contributed by atoms with Gasteiger partial charge in [0.2, 0.25) is 5.91 Å². The summed E-state index contributed by atoms with van der Waals surface area (Å²) in [5.74, 6) is 0.441. The zero-order chi connectivity index (χ0) is 13.8. The van der Waals surface area contributed by atoms with Crippen molar-refractivity contribution < 1.29 is 9.53 Å². The molecule has 4 nitrogen and oxygen atoms in total. The Bertz CT molecular complexity index is 202. The van der Waals surface area contributed by atoms with E-state index >= 15 is 0 Å². The Hall–Kier alpha value is -0.610. The molecule has 4 heteroatoms. The van der Waals surface area contributed by atoms with Crippen LogP contribution in [0.15, 0.2) is 0 Å². The summed E-state index contributed by atoms with van der Waals surface area (Å²) >= 11 is 0. The molecule has 0 saturated carbocycles. The van der Waals surface area contributed by atoms with E-state index in [0.29, 0.717) is 19.7 Å². The van der Waals surface area contributed by atoms with Crippen LogP contribution < -0.4 is 5.73 Å². The number of nitrogens with zero attached hydrogens (tertiary/aromatic N) is 1. The third kappa shape index (κ3) is 6.97. The highest BCUT2D eigenvalue weighted by Crippen LogP contribution is 2.16. The summed E-state index contributed by atoms with van der Waals surface area (Å²) in [6.45, 7) is 6.91. The molecular formula is C14H30N2O2. The highest BCUT2D eigenvalue weighted by atomic mass is 16.5. The number of hydrogen-bond donors (Lipinski definition) is 1. The van der Waals surface area contributed by atoms with Crippen molar-refractivity contribution in [2.24, 2.45) is 11.7 Å². The van der Waals surface area contributed by atoms with Gasteiger partial charge in [0.25, 0.3) is 0 Å². The number of ether oxygens (including phenoxy) is 1. The summed E-state index contributed by atoms with van der Waals surface area (Å²) in [6.07, 6.45) is 5.05. The third-order valence-corrected chi connectivity index (χ3v) is 3.26. The minimum Gasteiger partial charge on any atom is -0.383 e. The van der Waals surface area contributed by atoms with Crippen LogP contribution in [0.25, 0.3) is 0 Å². The normalized spacial score (nSPS) is 12.4. The lowest BCUT2D eigenvalue weighted by Crippen LogP contribution is -2.39. The van der Waals surface area contributed by atoms with Gasteiger partial charge < -0.3 is 15.4 Å². The van der Waals surface area contributed by atoms with Crippen LogP contribution >= 0.6 is 0 Å². The van der Waals surface area contributed by atoms with Crippen LogP contribution in [-0.2, 0) is 9.53 Å². The Kier molecular flexibility index (Phi) is 11.1. The molecule has 0 heterocycles. The van der Waals surface area contributed by atoms with Gasteiger partial charge >= 0.3 is 0 Å². The molecule has 0 rings (SSSR count). The van der Waals surface area contributed by atoms with Crippen LogP contribution in [0, 0.1) is 5.92 Å². The summed E-state index contributed by atoms with van der Waals surface area (Å²) in [6, 6.07) is 0. The highest BCUT2D eigenvalue weighted by Gasteiger charge is 2.21. The second-order valence-corrected chi connectivity index (χ2v) is 4.71. The van der Waals surface area contributed by atoms with Crippen molar-refractivity contribution in [3.63, 3.8) is 0 Å². The molecule has 0 saturated heterocycles. The SMILES string of the molecule is CCCCC(CC)C(=O)N(CCCN)CCOC. The van der Waals surface area contributed by atoms with E-state index < -0.39 is 0 Å². The topological polar surface area (TPSA) is 55.6 Å². The molecule has 1 atom stereocenters. The first-order valence-corrected chi connectivity index (χ1v) is 7.18. The Morgan fingerprint density at radius 2 is 2.00 bits per heavy atom. The van der Waals surface area contributed by atoms with Gasteiger partial charge in [0.15, 0.2) is 0 Å². The van der Waals surface area contributed by atoms with Gasteiger partial charge in [0.05, 0.1) is 6.61 Å². The predicted molar refractivity (Wildman–Crippen MR) is 75.4 cm³/mol. The maximum Gasteiger partial charge on any atom is 0.225 e. The van der Waals surface area contributed by atoms with E-state index in [9.17, 15) is 4.79 Å². The highest BCUT2D eigenvalue weighted by molar-refractivity contribution is 5.78. The van der Waals surface area contributed by atoms with Crippen LogP contribution in [0.3, 0.4) is 0 Å². The fourth-order valence-corrected chi connectivity index (χ4v) is 2.03. The van der Waals surface area contributed by atoms with E-state index in [1.807, 2.05) is 4.90 Å². The Morgan fingerprint density at radius 1 is 1.28 bits per heavy atom. The van der Waals surface area contributed by atoms with Crippen LogP contribution in [0.1, 0.15) is 46.0 Å². The number of nitrogens with two attached hydrogens (primary N) is 1. The van der Waals surface area contributed by atoms with Crippen molar-refractivity contribution in [1.29, 1.82) is 0 Å². The van der Waals surface area contributed by atoms with Crippen molar-refractivity contribution in [1.82, 2.24) is 4.90 Å². The average Bonchev–Trinajstić information content (AvgIpc) is 2.39. The summed E-state index contributed by atoms with van der Waals surface area (Å²) < 4.78 is 5.07. The first-order chi connectivity index (χ1) is 8.71. The number of carbonyl (C=O) groups is 1. The van der Waals surface area contributed by atoms with Gasteiger partial charge in [-0.1, -0.05) is 26.7 Å². The third-order valence-electron chi connectivity index (χ3n) is 3.26. The van der Waals surface area contributed by atoms with Gasteiger partial charge in [-0.15, -0.1) is 0 Å². The summed E-state index contributed by atoms with van der Waals surface area (Å²) in [4.78, 5) is 14.3. The minimum atomic E-state index is 0.166. The quantitative estimate of drug-likeness (QED) is 0.617. The molecule has 0 fully saturated rings. The number of unbranched alkanes of at least 4 members (excludes halogenated alkanes) is 1. The molecule has 108 valence electrons. The van der Waals surface area contributed by atoms with Crippen LogP contribution in [0.5, 0.6) is 0 Å². The average molecular weight is 258 g/mol.